The average molecular weight is 533 g/mol. The van der Waals surface area contributed by atoms with Crippen molar-refractivity contribution in [3.8, 4) is 0 Å². The van der Waals surface area contributed by atoms with E-state index in [2.05, 4.69) is 22.4 Å². The first-order chi connectivity index (χ1) is 16.6. The van der Waals surface area contributed by atoms with Gasteiger partial charge in [-0.05, 0) is 35.7 Å². The fourth-order valence-electron chi connectivity index (χ4n) is 4.10. The molecule has 1 unspecified atom stereocenters. The Hall–Kier alpha value is -2.59. The van der Waals surface area contributed by atoms with Gasteiger partial charge in [0.2, 0.25) is 0 Å². The third-order valence-electron chi connectivity index (χ3n) is 6.09. The van der Waals surface area contributed by atoms with Gasteiger partial charge in [0.05, 0.1) is 16.5 Å². The van der Waals surface area contributed by atoms with Crippen molar-refractivity contribution in [2.75, 3.05) is 6.54 Å². The van der Waals surface area contributed by atoms with Crippen molar-refractivity contribution in [2.24, 2.45) is 5.16 Å². The number of nitrogens with one attached hydrogen (secondary N) is 1. The lowest BCUT2D eigenvalue weighted by atomic mass is 9.89. The Morgan fingerprint density at radius 2 is 1.86 bits per heavy atom. The molecule has 0 saturated heterocycles. The molecule has 2 aliphatic rings. The molecule has 6 nitrogen and oxygen atoms in total. The van der Waals surface area contributed by atoms with Gasteiger partial charge in [0.25, 0.3) is 11.5 Å². The number of nitrogens with zero attached hydrogens (tertiary/aromatic N) is 3. The molecule has 0 saturated carbocycles. The van der Waals surface area contributed by atoms with Gasteiger partial charge in [-0.1, -0.05) is 48.1 Å². The van der Waals surface area contributed by atoms with Gasteiger partial charge in [-0.2, -0.15) is 13.2 Å². The third-order valence-corrected chi connectivity index (χ3v) is 6.64. The van der Waals surface area contributed by atoms with Crippen molar-refractivity contribution in [3.05, 3.63) is 62.6 Å². The Labute approximate surface area is 209 Å². The van der Waals surface area contributed by atoms with E-state index in [1.807, 2.05) is 0 Å². The number of alkyl halides is 3. The van der Waals surface area contributed by atoms with Crippen molar-refractivity contribution in [1.82, 2.24) is 15.2 Å². The molecular weight excluding hydrogens is 511 g/mol. The van der Waals surface area contributed by atoms with Crippen LogP contribution in [0.1, 0.15) is 59.8 Å². The summed E-state index contributed by atoms with van der Waals surface area (Å²) < 4.78 is 56.5. The molecule has 1 atom stereocenters. The van der Waals surface area contributed by atoms with Crippen LogP contribution in [0.4, 0.5) is 17.6 Å². The fraction of sp³-hybridized carbons (Fsp3) is 0.435. The zero-order chi connectivity index (χ0) is 25.4. The van der Waals surface area contributed by atoms with Crippen molar-refractivity contribution in [1.29, 1.82) is 0 Å². The summed E-state index contributed by atoms with van der Waals surface area (Å²) in [5.74, 6) is -1.26. The predicted molar refractivity (Wildman–Crippen MR) is 123 cm³/mol. The van der Waals surface area contributed by atoms with Crippen LogP contribution in [0, 0.1) is 5.82 Å². The highest BCUT2D eigenvalue weighted by Gasteiger charge is 2.63. The lowest BCUT2D eigenvalue weighted by Crippen LogP contribution is -2.44. The average Bonchev–Trinajstić information content (AvgIpc) is 3.44. The lowest BCUT2D eigenvalue weighted by molar-refractivity contribution is -0.275. The Morgan fingerprint density at radius 1 is 1.17 bits per heavy atom. The van der Waals surface area contributed by atoms with Crippen LogP contribution in [0.5, 0.6) is 0 Å². The van der Waals surface area contributed by atoms with Gasteiger partial charge in [0.15, 0.2) is 5.82 Å². The molecule has 0 bridgehead atoms. The number of carbonyl (C=O) groups excluding carboxylic acids is 1. The largest absolute Gasteiger partial charge is 0.435 e. The van der Waals surface area contributed by atoms with Gasteiger partial charge in [-0.3, -0.25) is 9.78 Å². The number of rotatable bonds is 6. The van der Waals surface area contributed by atoms with Gasteiger partial charge >= 0.3 is 6.18 Å². The Balaban J connectivity index is 1.51. The number of amidine groups is 1. The molecule has 35 heavy (non-hydrogen) atoms. The molecule has 2 aliphatic heterocycles. The minimum atomic E-state index is -4.89. The summed E-state index contributed by atoms with van der Waals surface area (Å²) in [7, 11) is 0. The number of amides is 1. The molecule has 188 valence electrons. The van der Waals surface area contributed by atoms with Crippen LogP contribution >= 0.6 is 23.2 Å². The van der Waals surface area contributed by atoms with Gasteiger partial charge < -0.3 is 15.1 Å². The first kappa shape index (κ1) is 25.5. The molecule has 0 aliphatic carbocycles. The number of hydrogen-bond donors (Lipinski definition) is 1. The number of halogens is 6. The molecule has 1 aromatic carbocycles. The summed E-state index contributed by atoms with van der Waals surface area (Å²) in [5.41, 5.74) is -1.53. The highest BCUT2D eigenvalue weighted by Crippen LogP contribution is 2.50. The summed E-state index contributed by atoms with van der Waals surface area (Å²) in [4.78, 5) is 23.2. The molecule has 2 aromatic rings. The first-order valence-electron chi connectivity index (χ1n) is 11.0. The molecular formula is C23H22Cl2F4N4O2. The third kappa shape index (κ3) is 4.91. The second-order valence-electron chi connectivity index (χ2n) is 8.51. The smallest absolute Gasteiger partial charge is 0.372 e. The van der Waals surface area contributed by atoms with Crippen LogP contribution in [0.3, 0.4) is 0 Å². The molecule has 0 radical (unpaired) electrons. The Kier molecular flexibility index (Phi) is 7.15. The number of hydrogen-bond acceptors (Lipinski definition) is 5. The quantitative estimate of drug-likeness (QED) is 0.283. The number of benzene rings is 1. The summed E-state index contributed by atoms with van der Waals surface area (Å²) in [6.45, 7) is 3.09. The van der Waals surface area contributed by atoms with E-state index in [1.54, 1.807) is 17.2 Å². The van der Waals surface area contributed by atoms with Crippen molar-refractivity contribution >= 4 is 34.9 Å². The zero-order valence-corrected chi connectivity index (χ0v) is 20.2. The number of carbonyl (C=O) groups is 1. The van der Waals surface area contributed by atoms with E-state index in [0.29, 0.717) is 6.54 Å². The normalized spacial score (nSPS) is 19.4. The van der Waals surface area contributed by atoms with E-state index >= 15 is 0 Å². The van der Waals surface area contributed by atoms with Crippen LogP contribution < -0.4 is 5.32 Å². The van der Waals surface area contributed by atoms with Crippen molar-refractivity contribution < 1.29 is 27.2 Å². The van der Waals surface area contributed by atoms with Crippen LogP contribution in [0.25, 0.3) is 0 Å². The van der Waals surface area contributed by atoms with Gasteiger partial charge in [-0.25, -0.2) is 4.39 Å². The predicted octanol–water partition coefficient (Wildman–Crippen LogP) is 5.95. The van der Waals surface area contributed by atoms with E-state index < -0.39 is 39.6 Å². The van der Waals surface area contributed by atoms with E-state index in [-0.39, 0.29) is 30.5 Å². The van der Waals surface area contributed by atoms with Crippen LogP contribution in [-0.2, 0) is 23.5 Å². The molecule has 1 N–H and O–H groups in total. The van der Waals surface area contributed by atoms with E-state index in [4.69, 9.17) is 28.0 Å². The number of fused-ring (bicyclic) bond motifs is 1. The van der Waals surface area contributed by atoms with Gasteiger partial charge in [0, 0.05) is 31.4 Å². The topological polar surface area (TPSA) is 66.8 Å². The Morgan fingerprint density at radius 3 is 2.51 bits per heavy atom. The maximum Gasteiger partial charge on any atom is 0.435 e. The standard InChI is InChI=1S/C23H22Cl2F4N4O2/c1-2-3-4-5-30-21(34)18-6-13-11-33(12-14(13)10-31-18)19-9-22(35-32-19,23(27,28)29)15-7-16(24)20(26)17(25)8-15/h6-8,10H,2-5,9,11-12H2,1H3,(H,30,34). The minimum absolute atomic E-state index is 0.0562. The van der Waals surface area contributed by atoms with Crippen LogP contribution in [0.15, 0.2) is 29.6 Å². The number of oxime groups is 1. The number of unbranched alkanes of at least 4 members (excludes halogenated alkanes) is 2. The monoisotopic (exact) mass is 532 g/mol. The van der Waals surface area contributed by atoms with E-state index in [0.717, 1.165) is 42.5 Å². The van der Waals surface area contributed by atoms with E-state index in [1.165, 1.54) is 0 Å². The molecule has 1 aromatic heterocycles. The van der Waals surface area contributed by atoms with Crippen LogP contribution in [0.2, 0.25) is 10.0 Å². The molecule has 1 amide bonds. The van der Waals surface area contributed by atoms with E-state index in [9.17, 15) is 22.4 Å². The summed E-state index contributed by atoms with van der Waals surface area (Å²) >= 11 is 11.5. The SMILES string of the molecule is CCCCCNC(=O)c1cc2c(cn1)CN(C1=NOC(c3cc(Cl)c(F)c(Cl)c3)(C(F)(F)F)C1)C2. The summed E-state index contributed by atoms with van der Waals surface area (Å²) in [6, 6.07) is 3.34. The molecule has 4 rings (SSSR count). The van der Waals surface area contributed by atoms with Crippen molar-refractivity contribution in [3.63, 3.8) is 0 Å². The highest BCUT2D eigenvalue weighted by molar-refractivity contribution is 6.35. The van der Waals surface area contributed by atoms with Crippen molar-refractivity contribution in [2.45, 2.75) is 57.5 Å². The Bertz CT molecular complexity index is 1150. The maximum absolute atomic E-state index is 14.2. The molecule has 3 heterocycles. The molecule has 0 fully saturated rings. The second-order valence-corrected chi connectivity index (χ2v) is 9.33. The lowest BCUT2D eigenvalue weighted by Gasteiger charge is -2.30. The van der Waals surface area contributed by atoms with Gasteiger partial charge in [-0.15, -0.1) is 0 Å². The number of pyridine rings is 1. The summed E-state index contributed by atoms with van der Waals surface area (Å²) in [6.07, 6.45) is -1.09. The second kappa shape index (κ2) is 9.81. The maximum atomic E-state index is 14.2. The molecule has 12 heteroatoms. The number of aromatic nitrogens is 1. The van der Waals surface area contributed by atoms with Gasteiger partial charge in [0.1, 0.15) is 11.5 Å². The molecule has 0 spiro atoms. The fourth-order valence-corrected chi connectivity index (χ4v) is 4.59. The highest BCUT2D eigenvalue weighted by atomic mass is 35.5. The minimum Gasteiger partial charge on any atom is -0.372 e. The first-order valence-corrected chi connectivity index (χ1v) is 11.8. The zero-order valence-electron chi connectivity index (χ0n) is 18.7. The van der Waals surface area contributed by atoms with Crippen LogP contribution in [-0.4, -0.2) is 34.3 Å². The summed E-state index contributed by atoms with van der Waals surface area (Å²) in [5, 5.41) is 5.46.